The number of halogens is 2. The van der Waals surface area contributed by atoms with Crippen LogP contribution < -0.4 is 10.6 Å². The summed E-state index contributed by atoms with van der Waals surface area (Å²) in [5.41, 5.74) is 0.0239. The lowest BCUT2D eigenvalue weighted by Crippen LogP contribution is -2.59. The molecule has 3 aliphatic rings. The first kappa shape index (κ1) is 21.4. The lowest BCUT2D eigenvalue weighted by molar-refractivity contribution is -0.141. The molecule has 0 spiro atoms. The molecule has 160 valence electrons. The number of benzene rings is 1. The number of ether oxygens (including phenoxy) is 1. The van der Waals surface area contributed by atoms with Gasteiger partial charge in [0.25, 0.3) is 0 Å². The molecule has 0 bridgehead atoms. The van der Waals surface area contributed by atoms with E-state index in [0.29, 0.717) is 22.4 Å². The number of fused-ring (bicyclic) bond motifs is 1. The zero-order chi connectivity index (χ0) is 21.3. The summed E-state index contributed by atoms with van der Waals surface area (Å²) in [6.07, 6.45) is 8.78. The van der Waals surface area contributed by atoms with Gasteiger partial charge in [0.05, 0.1) is 13.2 Å². The van der Waals surface area contributed by atoms with E-state index in [1.807, 2.05) is 42.5 Å². The fourth-order valence-electron chi connectivity index (χ4n) is 4.73. The first-order valence-corrected chi connectivity index (χ1v) is 11.1. The number of allylic oxidation sites excluding steroid dienone is 2. The summed E-state index contributed by atoms with van der Waals surface area (Å²) < 4.78 is 4.88. The normalized spacial score (nSPS) is 28.5. The van der Waals surface area contributed by atoms with Crippen LogP contribution in [0.25, 0.3) is 0 Å². The Bertz CT molecular complexity index is 896. The van der Waals surface area contributed by atoms with Crippen molar-refractivity contribution in [1.29, 1.82) is 0 Å². The number of carbonyl (C=O) groups is 2. The second-order valence-corrected chi connectivity index (χ2v) is 9.22. The van der Waals surface area contributed by atoms with E-state index in [0.717, 1.165) is 12.1 Å². The van der Waals surface area contributed by atoms with Crippen LogP contribution in [0.3, 0.4) is 0 Å². The average molecular weight is 449 g/mol. The summed E-state index contributed by atoms with van der Waals surface area (Å²) >= 11 is 12.5. The fourth-order valence-corrected chi connectivity index (χ4v) is 5.13. The van der Waals surface area contributed by atoms with Crippen molar-refractivity contribution in [1.82, 2.24) is 10.6 Å². The zero-order valence-corrected chi connectivity index (χ0v) is 18.4. The molecule has 5 nitrogen and oxygen atoms in total. The maximum absolute atomic E-state index is 13.6. The van der Waals surface area contributed by atoms with Crippen LogP contribution >= 0.6 is 23.2 Å². The Balaban J connectivity index is 1.77. The number of nitrogens with one attached hydrogen (secondary N) is 2. The van der Waals surface area contributed by atoms with Gasteiger partial charge in [-0.1, -0.05) is 41.4 Å². The predicted octanol–water partition coefficient (Wildman–Crippen LogP) is 3.92. The van der Waals surface area contributed by atoms with Gasteiger partial charge in [-0.3, -0.25) is 9.59 Å². The Morgan fingerprint density at radius 2 is 2.17 bits per heavy atom. The van der Waals surface area contributed by atoms with Gasteiger partial charge < -0.3 is 15.4 Å². The molecule has 7 heteroatoms. The molecule has 1 heterocycles. The number of rotatable bonds is 8. The Morgan fingerprint density at radius 3 is 2.87 bits per heavy atom. The second kappa shape index (κ2) is 8.74. The molecule has 1 aromatic rings. The minimum Gasteiger partial charge on any atom is -0.469 e. The van der Waals surface area contributed by atoms with Crippen LogP contribution in [0.5, 0.6) is 0 Å². The molecule has 0 radical (unpaired) electrons. The molecule has 1 saturated heterocycles. The monoisotopic (exact) mass is 448 g/mol. The molecule has 4 rings (SSSR count). The smallest absolute Gasteiger partial charge is 0.305 e. The van der Waals surface area contributed by atoms with Gasteiger partial charge in [-0.15, -0.1) is 0 Å². The topological polar surface area (TPSA) is 67.4 Å². The van der Waals surface area contributed by atoms with Crippen molar-refractivity contribution in [2.45, 2.75) is 43.2 Å². The number of carbonyl (C=O) groups excluding carboxylic acids is 2. The van der Waals surface area contributed by atoms with Crippen LogP contribution in [0.15, 0.2) is 47.5 Å². The van der Waals surface area contributed by atoms with Gasteiger partial charge >= 0.3 is 5.97 Å². The van der Waals surface area contributed by atoms with Crippen molar-refractivity contribution in [2.24, 2.45) is 11.8 Å². The third-order valence-electron chi connectivity index (χ3n) is 6.43. The number of hydrogen-bond donors (Lipinski definition) is 2. The molecule has 1 aliphatic heterocycles. The molecular weight excluding hydrogens is 423 g/mol. The fraction of sp³-hybridized carbons (Fsp3) is 0.478. The van der Waals surface area contributed by atoms with E-state index in [1.54, 1.807) is 0 Å². The standard InChI is InChI=1S/C23H26Cl2N2O3/c1-30-21(28)10-9-18(15-3-2-4-16(24)11-15)23(26-13-14-5-6-14)19-8-7-17(25)12-20(19)27-22(23)29/h2-4,7-8,11-12,14,18-20,26H,5-6,9-10,13H2,1H3,(H,27,29)/t18-,19?,20?,23-/m1/s1. The van der Waals surface area contributed by atoms with Crippen LogP contribution in [0, 0.1) is 11.8 Å². The van der Waals surface area contributed by atoms with Crippen LogP contribution in [0.1, 0.15) is 37.2 Å². The SMILES string of the molecule is COC(=O)CC[C@H](c1cccc(Cl)c1)[C@]1(NCC2CC2)C(=O)NC2C=C(Cl)C=CC21. The highest BCUT2D eigenvalue weighted by Crippen LogP contribution is 2.46. The Labute approximate surface area is 186 Å². The lowest BCUT2D eigenvalue weighted by Gasteiger charge is -2.41. The third kappa shape index (κ3) is 4.16. The van der Waals surface area contributed by atoms with E-state index in [-0.39, 0.29) is 36.2 Å². The van der Waals surface area contributed by atoms with Crippen molar-refractivity contribution >= 4 is 35.1 Å². The average Bonchev–Trinajstić information content (AvgIpc) is 3.51. The summed E-state index contributed by atoms with van der Waals surface area (Å²) in [4.78, 5) is 25.6. The van der Waals surface area contributed by atoms with Crippen LogP contribution in [-0.4, -0.2) is 37.1 Å². The maximum Gasteiger partial charge on any atom is 0.305 e. The van der Waals surface area contributed by atoms with Gasteiger partial charge in [0.1, 0.15) is 5.54 Å². The number of esters is 1. The highest BCUT2D eigenvalue weighted by atomic mass is 35.5. The molecule has 1 saturated carbocycles. The summed E-state index contributed by atoms with van der Waals surface area (Å²) in [5.74, 6) is -0.176. The largest absolute Gasteiger partial charge is 0.469 e. The third-order valence-corrected chi connectivity index (χ3v) is 6.92. The number of methoxy groups -OCH3 is 1. The Hall–Kier alpha value is -1.82. The van der Waals surface area contributed by atoms with E-state index in [2.05, 4.69) is 10.6 Å². The van der Waals surface area contributed by atoms with Crippen molar-refractivity contribution in [2.75, 3.05) is 13.7 Å². The first-order chi connectivity index (χ1) is 14.4. The maximum atomic E-state index is 13.6. The molecule has 1 amide bonds. The van der Waals surface area contributed by atoms with Gasteiger partial charge in [-0.25, -0.2) is 0 Å². The van der Waals surface area contributed by atoms with Crippen LogP contribution in [0.4, 0.5) is 0 Å². The van der Waals surface area contributed by atoms with Crippen molar-refractivity contribution in [3.05, 3.63) is 58.1 Å². The molecule has 4 atom stereocenters. The molecule has 0 aromatic heterocycles. The molecule has 2 unspecified atom stereocenters. The summed E-state index contributed by atoms with van der Waals surface area (Å²) in [6.45, 7) is 0.761. The summed E-state index contributed by atoms with van der Waals surface area (Å²) in [7, 11) is 1.38. The highest BCUT2D eigenvalue weighted by Gasteiger charge is 2.58. The number of hydrogen-bond acceptors (Lipinski definition) is 4. The molecule has 2 fully saturated rings. The molecule has 30 heavy (non-hydrogen) atoms. The van der Waals surface area contributed by atoms with E-state index >= 15 is 0 Å². The molecular formula is C23H26Cl2N2O3. The second-order valence-electron chi connectivity index (χ2n) is 8.35. The summed E-state index contributed by atoms with van der Waals surface area (Å²) in [6, 6.07) is 7.37. The molecule has 1 aromatic carbocycles. The summed E-state index contributed by atoms with van der Waals surface area (Å²) in [5, 5.41) is 7.99. The van der Waals surface area contributed by atoms with Gasteiger partial charge in [-0.2, -0.15) is 0 Å². The Kier molecular flexibility index (Phi) is 6.24. The predicted molar refractivity (Wildman–Crippen MR) is 117 cm³/mol. The molecule has 2 N–H and O–H groups in total. The van der Waals surface area contributed by atoms with E-state index in [9.17, 15) is 9.59 Å². The minimum absolute atomic E-state index is 0.0692. The van der Waals surface area contributed by atoms with Crippen molar-refractivity contribution in [3.63, 3.8) is 0 Å². The van der Waals surface area contributed by atoms with Crippen LogP contribution in [0.2, 0.25) is 5.02 Å². The van der Waals surface area contributed by atoms with Crippen molar-refractivity contribution < 1.29 is 14.3 Å². The highest BCUT2D eigenvalue weighted by molar-refractivity contribution is 6.31. The van der Waals surface area contributed by atoms with Crippen molar-refractivity contribution in [3.8, 4) is 0 Å². The van der Waals surface area contributed by atoms with Gasteiger partial charge in [0.15, 0.2) is 0 Å². The van der Waals surface area contributed by atoms with Crippen LogP contribution in [-0.2, 0) is 14.3 Å². The quantitative estimate of drug-likeness (QED) is 0.591. The minimum atomic E-state index is -0.906. The lowest BCUT2D eigenvalue weighted by atomic mass is 9.68. The number of amides is 1. The van der Waals surface area contributed by atoms with E-state index < -0.39 is 5.54 Å². The zero-order valence-electron chi connectivity index (χ0n) is 16.9. The van der Waals surface area contributed by atoms with Gasteiger partial charge in [-0.05, 0) is 61.6 Å². The first-order valence-electron chi connectivity index (χ1n) is 10.4. The van der Waals surface area contributed by atoms with E-state index in [1.165, 1.54) is 20.0 Å². The van der Waals surface area contributed by atoms with Gasteiger partial charge in [0.2, 0.25) is 5.91 Å². The molecule has 2 aliphatic carbocycles. The van der Waals surface area contributed by atoms with Gasteiger partial charge in [0, 0.05) is 28.3 Å². The Morgan fingerprint density at radius 1 is 1.37 bits per heavy atom. The van der Waals surface area contributed by atoms with E-state index in [4.69, 9.17) is 27.9 Å².